The Morgan fingerprint density at radius 2 is 2.23 bits per heavy atom. The van der Waals surface area contributed by atoms with Crippen LogP contribution in [-0.2, 0) is 11.3 Å². The van der Waals surface area contributed by atoms with Crippen molar-refractivity contribution in [2.45, 2.75) is 13.5 Å². The lowest BCUT2D eigenvalue weighted by Crippen LogP contribution is -2.28. The van der Waals surface area contributed by atoms with E-state index >= 15 is 0 Å². The third kappa shape index (κ3) is 4.01. The van der Waals surface area contributed by atoms with Gasteiger partial charge in [-0.1, -0.05) is 0 Å². The van der Waals surface area contributed by atoms with Gasteiger partial charge in [-0.2, -0.15) is 0 Å². The lowest BCUT2D eigenvalue weighted by atomic mass is 10.3. The highest BCUT2D eigenvalue weighted by Gasteiger charge is 2.17. The second-order valence-corrected chi connectivity index (χ2v) is 5.46. The van der Waals surface area contributed by atoms with Crippen LogP contribution in [0.2, 0.25) is 0 Å². The smallest absolute Gasteiger partial charge is 0.311 e. The Hall–Kier alpha value is -2.48. The normalized spacial score (nSPS) is 10.3. The number of nitrogens with one attached hydrogen (secondary N) is 1. The molecule has 0 spiro atoms. The van der Waals surface area contributed by atoms with E-state index in [0.717, 1.165) is 28.6 Å². The van der Waals surface area contributed by atoms with Crippen molar-refractivity contribution in [3.8, 4) is 5.75 Å². The number of carbonyl (C=O) groups excluding carboxylic acids is 1. The van der Waals surface area contributed by atoms with Crippen LogP contribution >= 0.6 is 11.3 Å². The molecule has 0 atom stereocenters. The number of benzene rings is 1. The van der Waals surface area contributed by atoms with Crippen LogP contribution in [-0.4, -0.2) is 17.4 Å². The minimum absolute atomic E-state index is 0.271. The molecule has 2 rings (SSSR count). The van der Waals surface area contributed by atoms with E-state index in [2.05, 4.69) is 5.32 Å². The maximum absolute atomic E-state index is 13.1. The topological polar surface area (TPSA) is 81.5 Å². The SMILES string of the molecule is Cc1ccsc1CNC(=O)COc1cc(F)ccc1[N+](=O)[O-]. The first-order valence-corrected chi connectivity index (χ1v) is 7.21. The Morgan fingerprint density at radius 1 is 1.45 bits per heavy atom. The molecule has 8 heteroatoms. The first kappa shape index (κ1) is 15.9. The molecule has 0 saturated carbocycles. The second kappa shape index (κ2) is 6.99. The van der Waals surface area contributed by atoms with Gasteiger partial charge >= 0.3 is 5.69 Å². The molecular formula is C14H13FN2O4S. The Kier molecular flexibility index (Phi) is 5.05. The van der Waals surface area contributed by atoms with Gasteiger partial charge in [-0.15, -0.1) is 11.3 Å². The molecule has 1 aromatic carbocycles. The number of aryl methyl sites for hydroxylation is 1. The third-order valence-corrected chi connectivity index (χ3v) is 3.91. The highest BCUT2D eigenvalue weighted by Crippen LogP contribution is 2.27. The molecule has 0 unspecified atom stereocenters. The van der Waals surface area contributed by atoms with Gasteiger partial charge in [0.05, 0.1) is 11.5 Å². The van der Waals surface area contributed by atoms with Gasteiger partial charge in [-0.25, -0.2) is 4.39 Å². The van der Waals surface area contributed by atoms with Crippen LogP contribution in [0.4, 0.5) is 10.1 Å². The molecule has 0 fully saturated rings. The van der Waals surface area contributed by atoms with Gasteiger partial charge in [0.2, 0.25) is 5.75 Å². The summed E-state index contributed by atoms with van der Waals surface area (Å²) in [5.74, 6) is -1.38. The molecule has 1 N–H and O–H groups in total. The van der Waals surface area contributed by atoms with E-state index in [1.54, 1.807) is 0 Å². The Morgan fingerprint density at radius 3 is 2.86 bits per heavy atom. The zero-order chi connectivity index (χ0) is 16.1. The lowest BCUT2D eigenvalue weighted by Gasteiger charge is -2.08. The van der Waals surface area contributed by atoms with Crippen LogP contribution in [0.3, 0.4) is 0 Å². The molecule has 1 amide bonds. The van der Waals surface area contributed by atoms with E-state index in [0.29, 0.717) is 6.54 Å². The molecule has 22 heavy (non-hydrogen) atoms. The van der Waals surface area contributed by atoms with E-state index in [1.807, 2.05) is 18.4 Å². The number of nitro groups is 1. The van der Waals surface area contributed by atoms with Crippen LogP contribution in [0.25, 0.3) is 0 Å². The average molecular weight is 324 g/mol. The molecule has 0 radical (unpaired) electrons. The largest absolute Gasteiger partial charge is 0.477 e. The van der Waals surface area contributed by atoms with Crippen molar-refractivity contribution in [2.75, 3.05) is 6.61 Å². The predicted octanol–water partition coefficient (Wildman–Crippen LogP) is 2.80. The third-order valence-electron chi connectivity index (χ3n) is 2.89. The molecular weight excluding hydrogens is 311 g/mol. The van der Waals surface area contributed by atoms with Crippen molar-refractivity contribution in [1.29, 1.82) is 0 Å². The van der Waals surface area contributed by atoms with E-state index in [9.17, 15) is 19.3 Å². The lowest BCUT2D eigenvalue weighted by molar-refractivity contribution is -0.385. The van der Waals surface area contributed by atoms with Gasteiger partial charge in [-0.05, 0) is 30.0 Å². The summed E-state index contributed by atoms with van der Waals surface area (Å²) in [6, 6.07) is 4.79. The van der Waals surface area contributed by atoms with Gasteiger partial charge in [0.15, 0.2) is 6.61 Å². The summed E-state index contributed by atoms with van der Waals surface area (Å²) in [7, 11) is 0. The molecule has 1 aromatic heterocycles. The first-order chi connectivity index (χ1) is 10.5. The summed E-state index contributed by atoms with van der Waals surface area (Å²) in [5, 5.41) is 15.4. The number of amides is 1. The van der Waals surface area contributed by atoms with E-state index < -0.39 is 23.3 Å². The van der Waals surface area contributed by atoms with Crippen molar-refractivity contribution in [2.24, 2.45) is 0 Å². The number of hydrogen-bond donors (Lipinski definition) is 1. The van der Waals surface area contributed by atoms with Gasteiger partial charge in [0.1, 0.15) is 5.82 Å². The fourth-order valence-electron chi connectivity index (χ4n) is 1.71. The van der Waals surface area contributed by atoms with Crippen molar-refractivity contribution in [3.05, 3.63) is 56.0 Å². The summed E-state index contributed by atoms with van der Waals surface area (Å²) in [6.45, 7) is 1.87. The zero-order valence-corrected chi connectivity index (χ0v) is 12.5. The van der Waals surface area contributed by atoms with Crippen LogP contribution in [0.5, 0.6) is 5.75 Å². The van der Waals surface area contributed by atoms with Crippen molar-refractivity contribution in [1.82, 2.24) is 5.32 Å². The standard InChI is InChI=1S/C14H13FN2O4S/c1-9-4-5-22-13(9)7-16-14(18)8-21-12-6-10(15)2-3-11(12)17(19)20/h2-6H,7-8H2,1H3,(H,16,18). The van der Waals surface area contributed by atoms with E-state index in [-0.39, 0.29) is 11.4 Å². The Bertz CT molecular complexity index is 702. The summed E-state index contributed by atoms with van der Waals surface area (Å²) in [4.78, 5) is 22.8. The maximum Gasteiger partial charge on any atom is 0.311 e. The predicted molar refractivity (Wildman–Crippen MR) is 79.5 cm³/mol. The highest BCUT2D eigenvalue weighted by atomic mass is 32.1. The molecule has 1 heterocycles. The number of halogens is 1. The van der Waals surface area contributed by atoms with Gasteiger partial charge in [0, 0.05) is 17.0 Å². The average Bonchev–Trinajstić information content (AvgIpc) is 2.88. The van der Waals surface area contributed by atoms with E-state index in [4.69, 9.17) is 4.74 Å². The number of ether oxygens (including phenoxy) is 1. The number of nitrogens with zero attached hydrogens (tertiary/aromatic N) is 1. The minimum atomic E-state index is -0.693. The Balaban J connectivity index is 1.92. The fraction of sp³-hybridized carbons (Fsp3) is 0.214. The summed E-state index contributed by atoms with van der Waals surface area (Å²) in [6.07, 6.45) is 0. The second-order valence-electron chi connectivity index (χ2n) is 4.46. The summed E-state index contributed by atoms with van der Waals surface area (Å²) < 4.78 is 18.2. The highest BCUT2D eigenvalue weighted by molar-refractivity contribution is 7.10. The van der Waals surface area contributed by atoms with Crippen LogP contribution in [0, 0.1) is 22.9 Å². The van der Waals surface area contributed by atoms with Gasteiger partial charge in [0.25, 0.3) is 5.91 Å². The zero-order valence-electron chi connectivity index (χ0n) is 11.7. The molecule has 0 aliphatic heterocycles. The number of hydrogen-bond acceptors (Lipinski definition) is 5. The first-order valence-electron chi connectivity index (χ1n) is 6.34. The number of thiophene rings is 1. The molecule has 0 bridgehead atoms. The molecule has 0 aliphatic rings. The van der Waals surface area contributed by atoms with Crippen molar-refractivity contribution < 1.29 is 18.8 Å². The maximum atomic E-state index is 13.1. The molecule has 2 aromatic rings. The summed E-state index contributed by atoms with van der Waals surface area (Å²) >= 11 is 1.52. The quantitative estimate of drug-likeness (QED) is 0.654. The van der Waals surface area contributed by atoms with Gasteiger partial charge < -0.3 is 10.1 Å². The van der Waals surface area contributed by atoms with Crippen LogP contribution in [0.1, 0.15) is 10.4 Å². The van der Waals surface area contributed by atoms with Crippen molar-refractivity contribution in [3.63, 3.8) is 0 Å². The summed E-state index contributed by atoms with van der Waals surface area (Å²) in [5.41, 5.74) is 0.690. The fourth-order valence-corrected chi connectivity index (χ4v) is 2.56. The molecule has 0 saturated heterocycles. The van der Waals surface area contributed by atoms with Crippen molar-refractivity contribution >= 4 is 22.9 Å². The molecule has 116 valence electrons. The Labute approximate surface area is 129 Å². The molecule has 0 aliphatic carbocycles. The van der Waals surface area contributed by atoms with Crippen LogP contribution in [0.15, 0.2) is 29.6 Å². The number of nitro benzene ring substituents is 1. The van der Waals surface area contributed by atoms with E-state index in [1.165, 1.54) is 11.3 Å². The number of carbonyl (C=O) groups is 1. The number of rotatable bonds is 6. The van der Waals surface area contributed by atoms with Gasteiger partial charge in [-0.3, -0.25) is 14.9 Å². The minimum Gasteiger partial charge on any atom is -0.477 e. The van der Waals surface area contributed by atoms with Crippen LogP contribution < -0.4 is 10.1 Å². The molecule has 6 nitrogen and oxygen atoms in total. The monoisotopic (exact) mass is 324 g/mol.